The number of hydrogen-bond donors (Lipinski definition) is 0. The number of amides is 1. The molecule has 196 valence electrons. The van der Waals surface area contributed by atoms with Gasteiger partial charge < -0.3 is 4.90 Å². The highest BCUT2D eigenvalue weighted by Crippen LogP contribution is 2.33. The lowest BCUT2D eigenvalue weighted by Gasteiger charge is -2.25. The lowest BCUT2D eigenvalue weighted by molar-refractivity contribution is 0.0983. The smallest absolute Gasteiger partial charge is 0.260 e. The van der Waals surface area contributed by atoms with Gasteiger partial charge in [0.15, 0.2) is 5.13 Å². The molecule has 0 atom stereocenters. The molecule has 0 radical (unpaired) electrons. The van der Waals surface area contributed by atoms with Crippen molar-refractivity contribution in [3.8, 4) is 0 Å². The number of hydrogen-bond acceptors (Lipinski definition) is 6. The van der Waals surface area contributed by atoms with Crippen LogP contribution >= 0.6 is 23.7 Å². The van der Waals surface area contributed by atoms with Crippen molar-refractivity contribution >= 4 is 55.0 Å². The maximum atomic E-state index is 13.7. The highest BCUT2D eigenvalue weighted by atomic mass is 35.5. The van der Waals surface area contributed by atoms with Crippen molar-refractivity contribution in [1.29, 1.82) is 0 Å². The second kappa shape index (κ2) is 12.0. The number of benzene rings is 2. The predicted octanol–water partition coefficient (Wildman–Crippen LogP) is 5.11. The number of carbonyl (C=O) groups is 1. The van der Waals surface area contributed by atoms with E-state index in [9.17, 15) is 13.2 Å². The van der Waals surface area contributed by atoms with Gasteiger partial charge in [0, 0.05) is 31.7 Å². The van der Waals surface area contributed by atoms with Gasteiger partial charge in [-0.1, -0.05) is 31.3 Å². The van der Waals surface area contributed by atoms with Crippen molar-refractivity contribution in [2.75, 3.05) is 44.2 Å². The van der Waals surface area contributed by atoms with Crippen LogP contribution in [0.1, 0.15) is 48.2 Å². The van der Waals surface area contributed by atoms with Crippen molar-refractivity contribution in [2.24, 2.45) is 0 Å². The molecule has 4 rings (SSSR count). The summed E-state index contributed by atoms with van der Waals surface area (Å²) in [6.45, 7) is 12.5. The molecule has 0 spiro atoms. The van der Waals surface area contributed by atoms with E-state index >= 15 is 0 Å². The molecule has 0 N–H and O–H groups in total. The number of aromatic nitrogens is 1. The first kappa shape index (κ1) is 28.5. The predicted molar refractivity (Wildman–Crippen MR) is 150 cm³/mol. The van der Waals surface area contributed by atoms with E-state index in [-0.39, 0.29) is 23.2 Å². The second-order valence-electron chi connectivity index (χ2n) is 9.05. The maximum Gasteiger partial charge on any atom is 0.260 e. The molecular weight excluding hydrogens is 516 g/mol. The molecule has 1 fully saturated rings. The molecule has 2 aromatic carbocycles. The van der Waals surface area contributed by atoms with Crippen molar-refractivity contribution in [2.45, 2.75) is 45.4 Å². The molecule has 0 aliphatic carbocycles. The normalized spacial score (nSPS) is 14.4. The molecule has 1 aliphatic rings. The fourth-order valence-electron chi connectivity index (χ4n) is 4.55. The lowest BCUT2D eigenvalue weighted by Crippen LogP contribution is -2.38. The number of carbonyl (C=O) groups excluding carboxylic acids is 1. The number of nitrogens with zero attached hydrogens (tertiary/aromatic N) is 4. The Morgan fingerprint density at radius 3 is 2.28 bits per heavy atom. The Morgan fingerprint density at radius 1 is 1.03 bits per heavy atom. The Bertz CT molecular complexity index is 1300. The first-order chi connectivity index (χ1) is 16.7. The fourth-order valence-corrected chi connectivity index (χ4v) is 7.11. The van der Waals surface area contributed by atoms with E-state index in [1.54, 1.807) is 29.2 Å². The van der Waals surface area contributed by atoms with E-state index in [1.807, 2.05) is 13.0 Å². The third kappa shape index (κ3) is 5.92. The summed E-state index contributed by atoms with van der Waals surface area (Å²) in [7, 11) is -3.52. The molecule has 10 heteroatoms. The number of thiazole rings is 1. The van der Waals surface area contributed by atoms with E-state index in [0.29, 0.717) is 30.3 Å². The SMILES string of the molecule is CCN(CC)CCN(C(=O)c1ccc(S(=O)(=O)N2CCCC2)cc1)c1nc2cc(C)cc(C)c2s1.Cl. The maximum absolute atomic E-state index is 13.7. The third-order valence-corrected chi connectivity index (χ3v) is 9.77. The lowest BCUT2D eigenvalue weighted by atomic mass is 10.1. The summed E-state index contributed by atoms with van der Waals surface area (Å²) >= 11 is 1.53. The molecule has 0 saturated carbocycles. The number of likely N-dealkylation sites (N-methyl/N-ethyl adjacent to an activating group) is 1. The molecule has 1 aromatic heterocycles. The average molecular weight is 551 g/mol. The standard InChI is InChI=1S/C26H34N4O3S2.ClH/c1-5-28(6-2)15-16-30(26-27-23-18-19(3)17-20(4)24(23)34-26)25(31)21-9-11-22(12-10-21)35(32,33)29-13-7-8-14-29;/h9-12,17-18H,5-8,13-16H2,1-4H3;1H. The van der Waals surface area contributed by atoms with Gasteiger partial charge in [-0.3, -0.25) is 9.69 Å². The molecule has 1 aliphatic heterocycles. The van der Waals surface area contributed by atoms with Crippen LogP contribution in [-0.2, 0) is 10.0 Å². The summed E-state index contributed by atoms with van der Waals surface area (Å²) in [6.07, 6.45) is 1.77. The number of fused-ring (bicyclic) bond motifs is 1. The van der Waals surface area contributed by atoms with Gasteiger partial charge in [0.25, 0.3) is 5.91 Å². The zero-order valence-electron chi connectivity index (χ0n) is 21.4. The van der Waals surface area contributed by atoms with Crippen LogP contribution in [0.5, 0.6) is 0 Å². The number of sulfonamides is 1. The molecular formula is C26H35ClN4O3S2. The Kier molecular flexibility index (Phi) is 9.51. The monoisotopic (exact) mass is 550 g/mol. The molecule has 1 amide bonds. The van der Waals surface area contributed by atoms with Crippen LogP contribution in [0.15, 0.2) is 41.3 Å². The Labute approximate surface area is 224 Å². The van der Waals surface area contributed by atoms with E-state index in [1.165, 1.54) is 15.6 Å². The second-order valence-corrected chi connectivity index (χ2v) is 12.0. The van der Waals surface area contributed by atoms with Crippen molar-refractivity contribution in [3.05, 3.63) is 53.1 Å². The van der Waals surface area contributed by atoms with E-state index in [0.717, 1.165) is 53.8 Å². The first-order valence-electron chi connectivity index (χ1n) is 12.3. The topological polar surface area (TPSA) is 73.8 Å². The zero-order chi connectivity index (χ0) is 25.2. The van der Waals surface area contributed by atoms with Crippen molar-refractivity contribution in [3.63, 3.8) is 0 Å². The molecule has 0 bridgehead atoms. The summed E-state index contributed by atoms with van der Waals surface area (Å²) in [5.74, 6) is -0.171. The minimum absolute atomic E-state index is 0. The molecule has 1 saturated heterocycles. The largest absolute Gasteiger partial charge is 0.302 e. The molecule has 3 aromatic rings. The van der Waals surface area contributed by atoms with E-state index < -0.39 is 10.0 Å². The van der Waals surface area contributed by atoms with Crippen molar-refractivity contribution < 1.29 is 13.2 Å². The summed E-state index contributed by atoms with van der Waals surface area (Å²) in [4.78, 5) is 22.8. The van der Waals surface area contributed by atoms with Crippen LogP contribution < -0.4 is 4.90 Å². The van der Waals surface area contributed by atoms with Gasteiger partial charge in [-0.25, -0.2) is 13.4 Å². The molecule has 0 unspecified atom stereocenters. The van der Waals surface area contributed by atoms with Crippen molar-refractivity contribution in [1.82, 2.24) is 14.2 Å². The molecule has 7 nitrogen and oxygen atoms in total. The summed E-state index contributed by atoms with van der Waals surface area (Å²) in [5, 5.41) is 0.666. The van der Waals surface area contributed by atoms with Gasteiger partial charge in [0.2, 0.25) is 10.0 Å². The zero-order valence-corrected chi connectivity index (χ0v) is 23.8. The molecule has 2 heterocycles. The highest BCUT2D eigenvalue weighted by Gasteiger charge is 2.28. The highest BCUT2D eigenvalue weighted by molar-refractivity contribution is 7.89. The van der Waals surface area contributed by atoms with Gasteiger partial charge >= 0.3 is 0 Å². The van der Waals surface area contributed by atoms with Crippen LogP contribution in [-0.4, -0.2) is 67.8 Å². The van der Waals surface area contributed by atoms with Gasteiger partial charge in [-0.05, 0) is 81.2 Å². The van der Waals surface area contributed by atoms with Crippen LogP contribution in [0.3, 0.4) is 0 Å². The van der Waals surface area contributed by atoms with Crippen LogP contribution in [0, 0.1) is 13.8 Å². The van der Waals surface area contributed by atoms with E-state index in [4.69, 9.17) is 4.98 Å². The van der Waals surface area contributed by atoms with Gasteiger partial charge in [-0.15, -0.1) is 12.4 Å². The summed E-state index contributed by atoms with van der Waals surface area (Å²) in [6, 6.07) is 10.5. The van der Waals surface area contributed by atoms with Gasteiger partial charge in [0.1, 0.15) is 0 Å². The number of halogens is 1. The third-order valence-electron chi connectivity index (χ3n) is 6.62. The summed E-state index contributed by atoms with van der Waals surface area (Å²) < 4.78 is 28.4. The first-order valence-corrected chi connectivity index (χ1v) is 14.5. The molecule has 36 heavy (non-hydrogen) atoms. The van der Waals surface area contributed by atoms with E-state index in [2.05, 4.69) is 31.7 Å². The van der Waals surface area contributed by atoms with Gasteiger partial charge in [-0.2, -0.15) is 4.31 Å². The van der Waals surface area contributed by atoms with Crippen LogP contribution in [0.4, 0.5) is 5.13 Å². The quantitative estimate of drug-likeness (QED) is 0.370. The van der Waals surface area contributed by atoms with Crippen LogP contribution in [0.2, 0.25) is 0 Å². The number of rotatable bonds is 9. The number of aryl methyl sites for hydroxylation is 2. The summed E-state index contributed by atoms with van der Waals surface area (Å²) in [5.41, 5.74) is 3.64. The number of anilines is 1. The van der Waals surface area contributed by atoms with Crippen LogP contribution in [0.25, 0.3) is 10.2 Å². The minimum Gasteiger partial charge on any atom is -0.302 e. The fraction of sp³-hybridized carbons (Fsp3) is 0.462. The van der Waals surface area contributed by atoms with Gasteiger partial charge in [0.05, 0.1) is 15.1 Å². The Hall–Kier alpha value is -2.04. The Balaban J connectivity index is 0.00000361. The average Bonchev–Trinajstić information content (AvgIpc) is 3.53. The Morgan fingerprint density at radius 2 is 1.67 bits per heavy atom. The minimum atomic E-state index is -3.52.